The number of hydrogen-bond acceptors (Lipinski definition) is 5. The number of ether oxygens (including phenoxy) is 1. The zero-order chi connectivity index (χ0) is 13.1. The number of hydrogen-bond donors (Lipinski definition) is 2. The van der Waals surface area contributed by atoms with Crippen molar-refractivity contribution in [2.75, 3.05) is 18.5 Å². The predicted molar refractivity (Wildman–Crippen MR) is 69.6 cm³/mol. The van der Waals surface area contributed by atoms with Crippen molar-refractivity contribution in [1.29, 1.82) is 0 Å². The van der Waals surface area contributed by atoms with Gasteiger partial charge >= 0.3 is 0 Å². The molecular formula is C11H13BrN2O4. The van der Waals surface area contributed by atoms with Crippen molar-refractivity contribution in [3.05, 3.63) is 32.8 Å². The molecule has 18 heavy (non-hydrogen) atoms. The van der Waals surface area contributed by atoms with Gasteiger partial charge in [0.05, 0.1) is 23.7 Å². The van der Waals surface area contributed by atoms with Gasteiger partial charge in [-0.1, -0.05) is 15.9 Å². The highest BCUT2D eigenvalue weighted by Crippen LogP contribution is 2.29. The number of rotatable bonds is 3. The molecule has 2 atom stereocenters. The fourth-order valence-corrected chi connectivity index (χ4v) is 2.19. The van der Waals surface area contributed by atoms with Gasteiger partial charge in [0.1, 0.15) is 5.69 Å². The Balaban J connectivity index is 2.20. The van der Waals surface area contributed by atoms with Gasteiger partial charge < -0.3 is 15.2 Å². The van der Waals surface area contributed by atoms with Gasteiger partial charge in [0.15, 0.2) is 0 Å². The van der Waals surface area contributed by atoms with Gasteiger partial charge in [-0.3, -0.25) is 10.1 Å². The van der Waals surface area contributed by atoms with Gasteiger partial charge in [-0.25, -0.2) is 0 Å². The monoisotopic (exact) mass is 316 g/mol. The molecule has 0 aromatic heterocycles. The molecular weight excluding hydrogens is 304 g/mol. The van der Waals surface area contributed by atoms with Crippen LogP contribution in [0.4, 0.5) is 11.4 Å². The van der Waals surface area contributed by atoms with Crippen LogP contribution in [0.15, 0.2) is 22.7 Å². The van der Waals surface area contributed by atoms with Crippen LogP contribution in [0.1, 0.15) is 6.42 Å². The fourth-order valence-electron chi connectivity index (χ4n) is 1.84. The van der Waals surface area contributed by atoms with E-state index in [0.717, 1.165) is 0 Å². The van der Waals surface area contributed by atoms with Gasteiger partial charge in [0, 0.05) is 17.1 Å². The number of aliphatic hydroxyl groups is 1. The van der Waals surface area contributed by atoms with Crippen molar-refractivity contribution in [2.24, 2.45) is 0 Å². The summed E-state index contributed by atoms with van der Waals surface area (Å²) in [5.74, 6) is 0. The molecule has 0 aliphatic carbocycles. The van der Waals surface area contributed by atoms with E-state index in [1.807, 2.05) is 0 Å². The van der Waals surface area contributed by atoms with E-state index < -0.39 is 11.0 Å². The van der Waals surface area contributed by atoms with Crippen molar-refractivity contribution < 1.29 is 14.8 Å². The number of halogens is 1. The third kappa shape index (κ3) is 2.98. The zero-order valence-electron chi connectivity index (χ0n) is 9.51. The van der Waals surface area contributed by atoms with E-state index in [0.29, 0.717) is 29.8 Å². The molecule has 1 saturated heterocycles. The highest BCUT2D eigenvalue weighted by molar-refractivity contribution is 9.10. The fraction of sp³-hybridized carbons (Fsp3) is 0.455. The lowest BCUT2D eigenvalue weighted by Gasteiger charge is -2.29. The van der Waals surface area contributed by atoms with Gasteiger partial charge in [-0.05, 0) is 18.6 Å². The summed E-state index contributed by atoms with van der Waals surface area (Å²) >= 11 is 3.20. The second kappa shape index (κ2) is 5.64. The van der Waals surface area contributed by atoms with Crippen molar-refractivity contribution in [1.82, 2.24) is 0 Å². The van der Waals surface area contributed by atoms with E-state index in [1.165, 1.54) is 6.07 Å². The largest absolute Gasteiger partial charge is 0.391 e. The molecule has 0 unspecified atom stereocenters. The van der Waals surface area contributed by atoms with Crippen LogP contribution in [0.2, 0.25) is 0 Å². The molecule has 0 spiro atoms. The molecule has 7 heteroatoms. The lowest BCUT2D eigenvalue weighted by molar-refractivity contribution is -0.384. The van der Waals surface area contributed by atoms with E-state index in [-0.39, 0.29) is 11.7 Å². The van der Waals surface area contributed by atoms with E-state index in [1.54, 1.807) is 12.1 Å². The van der Waals surface area contributed by atoms with Crippen LogP contribution in [0.5, 0.6) is 0 Å². The topological polar surface area (TPSA) is 84.6 Å². The van der Waals surface area contributed by atoms with Crippen LogP contribution in [0.25, 0.3) is 0 Å². The first kappa shape index (κ1) is 13.3. The molecule has 98 valence electrons. The predicted octanol–water partition coefficient (Wildman–Crippen LogP) is 1.92. The Morgan fingerprint density at radius 2 is 2.33 bits per heavy atom. The second-order valence-electron chi connectivity index (χ2n) is 4.10. The quantitative estimate of drug-likeness (QED) is 0.657. The second-order valence-corrected chi connectivity index (χ2v) is 5.02. The summed E-state index contributed by atoms with van der Waals surface area (Å²) in [6.07, 6.45) is -0.0239. The van der Waals surface area contributed by atoms with Gasteiger partial charge in [-0.2, -0.15) is 0 Å². The number of anilines is 1. The summed E-state index contributed by atoms with van der Waals surface area (Å²) in [7, 11) is 0. The summed E-state index contributed by atoms with van der Waals surface area (Å²) in [5, 5.41) is 23.7. The summed E-state index contributed by atoms with van der Waals surface area (Å²) in [6.45, 7) is 0.857. The highest BCUT2D eigenvalue weighted by atomic mass is 79.9. The van der Waals surface area contributed by atoms with Crippen molar-refractivity contribution >= 4 is 27.3 Å². The maximum Gasteiger partial charge on any atom is 0.293 e. The molecule has 0 radical (unpaired) electrons. The lowest BCUT2D eigenvalue weighted by Crippen LogP contribution is -2.42. The summed E-state index contributed by atoms with van der Waals surface area (Å²) in [5.41, 5.74) is 0.361. The molecule has 0 amide bonds. The minimum atomic E-state index is -0.554. The van der Waals surface area contributed by atoms with Crippen LogP contribution < -0.4 is 5.32 Å². The first-order chi connectivity index (χ1) is 8.58. The SMILES string of the molecule is O=[N+]([O-])c1cc(Br)ccc1N[C@H]1COCC[C@@H]1O. The Morgan fingerprint density at radius 1 is 1.56 bits per heavy atom. The Labute approximate surface area is 112 Å². The summed E-state index contributed by atoms with van der Waals surface area (Å²) in [6, 6.07) is 4.44. The Hall–Kier alpha value is -1.18. The molecule has 1 aromatic rings. The molecule has 1 heterocycles. The van der Waals surface area contributed by atoms with Crippen molar-refractivity contribution in [2.45, 2.75) is 18.6 Å². The third-order valence-electron chi connectivity index (χ3n) is 2.82. The van der Waals surface area contributed by atoms with Crippen LogP contribution >= 0.6 is 15.9 Å². The zero-order valence-corrected chi connectivity index (χ0v) is 11.1. The van der Waals surface area contributed by atoms with Gasteiger partial charge in [-0.15, -0.1) is 0 Å². The molecule has 0 saturated carbocycles. The molecule has 1 aliphatic rings. The average Bonchev–Trinajstić information content (AvgIpc) is 2.34. The molecule has 2 rings (SSSR count). The van der Waals surface area contributed by atoms with Gasteiger partial charge in [0.2, 0.25) is 0 Å². The van der Waals surface area contributed by atoms with E-state index in [9.17, 15) is 15.2 Å². The summed E-state index contributed by atoms with van der Waals surface area (Å²) in [4.78, 5) is 10.5. The highest BCUT2D eigenvalue weighted by Gasteiger charge is 2.26. The molecule has 1 aliphatic heterocycles. The Bertz CT molecular complexity index is 455. The number of nitro benzene ring substituents is 1. The number of nitrogens with one attached hydrogen (secondary N) is 1. The molecule has 1 aromatic carbocycles. The average molecular weight is 317 g/mol. The van der Waals surface area contributed by atoms with E-state index >= 15 is 0 Å². The molecule has 0 bridgehead atoms. The third-order valence-corrected chi connectivity index (χ3v) is 3.31. The first-order valence-electron chi connectivity index (χ1n) is 5.54. The molecule has 6 nitrogen and oxygen atoms in total. The van der Waals surface area contributed by atoms with E-state index in [2.05, 4.69) is 21.2 Å². The molecule has 1 fully saturated rings. The van der Waals surface area contributed by atoms with Crippen LogP contribution in [-0.4, -0.2) is 35.4 Å². The number of aliphatic hydroxyl groups excluding tert-OH is 1. The Morgan fingerprint density at radius 3 is 3.00 bits per heavy atom. The lowest BCUT2D eigenvalue weighted by atomic mass is 10.1. The number of benzene rings is 1. The summed E-state index contributed by atoms with van der Waals surface area (Å²) < 4.78 is 5.89. The minimum Gasteiger partial charge on any atom is -0.391 e. The molecule has 2 N–H and O–H groups in total. The van der Waals surface area contributed by atoms with Crippen LogP contribution in [0.3, 0.4) is 0 Å². The first-order valence-corrected chi connectivity index (χ1v) is 6.33. The smallest absolute Gasteiger partial charge is 0.293 e. The maximum atomic E-state index is 10.9. The number of nitrogens with zero attached hydrogens (tertiary/aromatic N) is 1. The standard InChI is InChI=1S/C11H13BrN2O4/c12-7-1-2-8(10(5-7)14(16)17)13-9-6-18-4-3-11(9)15/h1-2,5,9,11,13,15H,3-4,6H2/t9-,11-/m0/s1. The van der Waals surface area contributed by atoms with E-state index in [4.69, 9.17) is 4.74 Å². The van der Waals surface area contributed by atoms with Crippen LogP contribution in [0, 0.1) is 10.1 Å². The minimum absolute atomic E-state index is 0.0258. The maximum absolute atomic E-state index is 10.9. The van der Waals surface area contributed by atoms with Gasteiger partial charge in [0.25, 0.3) is 5.69 Å². The van der Waals surface area contributed by atoms with Crippen molar-refractivity contribution in [3.8, 4) is 0 Å². The normalized spacial score (nSPS) is 23.7. The van der Waals surface area contributed by atoms with Crippen LogP contribution in [-0.2, 0) is 4.74 Å². The number of nitro groups is 1. The Kier molecular flexibility index (Phi) is 4.15. The van der Waals surface area contributed by atoms with Crippen molar-refractivity contribution in [3.63, 3.8) is 0 Å².